The lowest BCUT2D eigenvalue weighted by Crippen LogP contribution is -2.14. The quantitative estimate of drug-likeness (QED) is 0.669. The summed E-state index contributed by atoms with van der Waals surface area (Å²) in [5, 5.41) is 0. The molecule has 2 heterocycles. The van der Waals surface area contributed by atoms with E-state index in [0.29, 0.717) is 18.2 Å². The molecule has 13 heavy (non-hydrogen) atoms. The van der Waals surface area contributed by atoms with E-state index in [1.807, 2.05) is 0 Å². The van der Waals surface area contributed by atoms with Gasteiger partial charge in [0.1, 0.15) is 18.0 Å². The fourth-order valence-corrected chi connectivity index (χ4v) is 1.03. The molecule has 1 aliphatic heterocycles. The van der Waals surface area contributed by atoms with Crippen molar-refractivity contribution in [3.8, 4) is 5.88 Å². The third-order valence-corrected chi connectivity index (χ3v) is 1.62. The molecular formula is C8H7N3O2. The van der Waals surface area contributed by atoms with Gasteiger partial charge in [0, 0.05) is 6.21 Å². The zero-order chi connectivity index (χ0) is 9.26. The number of primary amides is 1. The lowest BCUT2D eigenvalue weighted by molar-refractivity contribution is 0.0994. The first-order chi connectivity index (χ1) is 6.27. The molecule has 5 nitrogen and oxygen atoms in total. The second-order valence-electron chi connectivity index (χ2n) is 2.51. The van der Waals surface area contributed by atoms with Crippen LogP contribution in [0.25, 0.3) is 0 Å². The summed E-state index contributed by atoms with van der Waals surface area (Å²) in [6.07, 6.45) is 1.63. The number of carbonyl (C=O) groups is 1. The highest BCUT2D eigenvalue weighted by Crippen LogP contribution is 2.26. The second kappa shape index (κ2) is 2.85. The van der Waals surface area contributed by atoms with Crippen LogP contribution in [0.4, 0.5) is 5.69 Å². The Bertz CT molecular complexity index is 387. The summed E-state index contributed by atoms with van der Waals surface area (Å²) in [7, 11) is 0. The number of pyridine rings is 1. The largest absolute Gasteiger partial charge is 0.470 e. The van der Waals surface area contributed by atoms with Gasteiger partial charge in [0.25, 0.3) is 5.91 Å². The molecule has 0 unspecified atom stereocenters. The number of aromatic nitrogens is 1. The van der Waals surface area contributed by atoms with Crippen LogP contribution in [0.2, 0.25) is 0 Å². The Hall–Kier alpha value is -1.91. The maximum Gasteiger partial charge on any atom is 0.267 e. The molecule has 0 atom stereocenters. The maximum absolute atomic E-state index is 10.8. The lowest BCUT2D eigenvalue weighted by Gasteiger charge is -2.09. The van der Waals surface area contributed by atoms with Crippen LogP contribution in [0.5, 0.6) is 5.88 Å². The normalized spacial score (nSPS) is 13.2. The van der Waals surface area contributed by atoms with Gasteiger partial charge < -0.3 is 10.5 Å². The van der Waals surface area contributed by atoms with Gasteiger partial charge in [-0.1, -0.05) is 0 Å². The number of nitrogens with zero attached hydrogens (tertiary/aromatic N) is 2. The van der Waals surface area contributed by atoms with Gasteiger partial charge in [-0.25, -0.2) is 4.98 Å². The van der Waals surface area contributed by atoms with Gasteiger partial charge in [-0.05, 0) is 12.1 Å². The fraction of sp³-hybridized carbons (Fsp3) is 0.125. The molecule has 1 aliphatic rings. The van der Waals surface area contributed by atoms with Gasteiger partial charge in [0.2, 0.25) is 5.88 Å². The molecule has 5 heteroatoms. The molecule has 0 bridgehead atoms. The molecule has 0 aromatic carbocycles. The molecule has 1 aromatic rings. The molecule has 1 amide bonds. The van der Waals surface area contributed by atoms with Crippen LogP contribution in [0, 0.1) is 0 Å². The number of rotatable bonds is 1. The van der Waals surface area contributed by atoms with Crippen molar-refractivity contribution < 1.29 is 9.53 Å². The fourth-order valence-electron chi connectivity index (χ4n) is 1.03. The number of amides is 1. The summed E-state index contributed by atoms with van der Waals surface area (Å²) in [4.78, 5) is 18.7. The summed E-state index contributed by atoms with van der Waals surface area (Å²) in [5.74, 6) is -0.209. The van der Waals surface area contributed by atoms with Crippen LogP contribution < -0.4 is 10.5 Å². The van der Waals surface area contributed by atoms with E-state index in [0.717, 1.165) is 0 Å². The molecule has 2 N–H and O–H groups in total. The predicted molar refractivity (Wildman–Crippen MR) is 46.4 cm³/mol. The van der Waals surface area contributed by atoms with Gasteiger partial charge in [-0.2, -0.15) is 0 Å². The molecule has 0 radical (unpaired) electrons. The SMILES string of the molecule is NC(=O)c1ccc2c(n1)OCC=N2. The number of carbonyl (C=O) groups excluding carboxylic acids is 1. The van der Waals surface area contributed by atoms with E-state index in [2.05, 4.69) is 9.98 Å². The molecule has 0 saturated carbocycles. The lowest BCUT2D eigenvalue weighted by atomic mass is 10.3. The van der Waals surface area contributed by atoms with Crippen LogP contribution >= 0.6 is 0 Å². The predicted octanol–water partition coefficient (Wildman–Crippen LogP) is 0.275. The third-order valence-electron chi connectivity index (χ3n) is 1.62. The Labute approximate surface area is 74.3 Å². The zero-order valence-electron chi connectivity index (χ0n) is 6.73. The minimum absolute atomic E-state index is 0.191. The number of hydrogen-bond acceptors (Lipinski definition) is 4. The number of ether oxygens (including phenoxy) is 1. The standard InChI is InChI=1S/C8H7N3O2/c9-7(12)5-1-2-6-8(11-5)13-4-3-10-6/h1-3H,4H2,(H2,9,12). The first-order valence-electron chi connectivity index (χ1n) is 3.73. The first-order valence-corrected chi connectivity index (χ1v) is 3.73. The van der Waals surface area contributed by atoms with E-state index >= 15 is 0 Å². The third kappa shape index (κ3) is 1.35. The summed E-state index contributed by atoms with van der Waals surface area (Å²) in [6.45, 7) is 0.377. The van der Waals surface area contributed by atoms with E-state index in [1.54, 1.807) is 12.3 Å². The van der Waals surface area contributed by atoms with Crippen molar-refractivity contribution in [1.82, 2.24) is 4.98 Å². The molecule has 66 valence electrons. The topological polar surface area (TPSA) is 77.6 Å². The molecule has 0 spiro atoms. The Kier molecular flexibility index (Phi) is 1.70. The van der Waals surface area contributed by atoms with Gasteiger partial charge in [-0.15, -0.1) is 0 Å². The Balaban J connectivity index is 2.48. The maximum atomic E-state index is 10.8. The molecule has 2 rings (SSSR count). The van der Waals surface area contributed by atoms with Crippen LogP contribution in [-0.2, 0) is 0 Å². The van der Waals surface area contributed by atoms with Gasteiger partial charge in [-0.3, -0.25) is 9.79 Å². The molecule has 0 aliphatic carbocycles. The van der Waals surface area contributed by atoms with Gasteiger partial charge >= 0.3 is 0 Å². The van der Waals surface area contributed by atoms with Crippen molar-refractivity contribution >= 4 is 17.8 Å². The molecular weight excluding hydrogens is 170 g/mol. The summed E-state index contributed by atoms with van der Waals surface area (Å²) in [5.41, 5.74) is 5.86. The zero-order valence-corrected chi connectivity index (χ0v) is 6.73. The van der Waals surface area contributed by atoms with E-state index in [4.69, 9.17) is 10.5 Å². The average molecular weight is 177 g/mol. The van der Waals surface area contributed by atoms with E-state index in [9.17, 15) is 4.79 Å². The van der Waals surface area contributed by atoms with E-state index in [1.165, 1.54) is 6.07 Å². The van der Waals surface area contributed by atoms with Crippen molar-refractivity contribution in [2.75, 3.05) is 6.61 Å². The first kappa shape index (κ1) is 7.72. The molecule has 1 aromatic heterocycles. The van der Waals surface area contributed by atoms with Crippen LogP contribution in [0.1, 0.15) is 10.5 Å². The number of fused-ring (bicyclic) bond motifs is 1. The van der Waals surface area contributed by atoms with Crippen molar-refractivity contribution in [1.29, 1.82) is 0 Å². The summed E-state index contributed by atoms with van der Waals surface area (Å²) in [6, 6.07) is 3.17. The van der Waals surface area contributed by atoms with Crippen LogP contribution in [0.3, 0.4) is 0 Å². The minimum atomic E-state index is -0.569. The highest BCUT2D eigenvalue weighted by atomic mass is 16.5. The van der Waals surface area contributed by atoms with Crippen LogP contribution in [0.15, 0.2) is 17.1 Å². The number of nitrogens with two attached hydrogens (primary N) is 1. The van der Waals surface area contributed by atoms with Gasteiger partial charge in [0.05, 0.1) is 0 Å². The van der Waals surface area contributed by atoms with Crippen molar-refractivity contribution in [3.63, 3.8) is 0 Å². The highest BCUT2D eigenvalue weighted by Gasteiger charge is 2.11. The minimum Gasteiger partial charge on any atom is -0.470 e. The van der Waals surface area contributed by atoms with Crippen molar-refractivity contribution in [2.24, 2.45) is 10.7 Å². The van der Waals surface area contributed by atoms with Gasteiger partial charge in [0.15, 0.2) is 0 Å². The Morgan fingerprint density at radius 3 is 3.15 bits per heavy atom. The van der Waals surface area contributed by atoms with E-state index < -0.39 is 5.91 Å². The highest BCUT2D eigenvalue weighted by molar-refractivity contribution is 5.91. The monoisotopic (exact) mass is 177 g/mol. The molecule has 0 saturated heterocycles. The second-order valence-corrected chi connectivity index (χ2v) is 2.51. The van der Waals surface area contributed by atoms with Crippen LogP contribution in [-0.4, -0.2) is 23.7 Å². The average Bonchev–Trinajstić information content (AvgIpc) is 2.17. The molecule has 0 fully saturated rings. The Morgan fingerprint density at radius 2 is 2.38 bits per heavy atom. The smallest absolute Gasteiger partial charge is 0.267 e. The summed E-state index contributed by atoms with van der Waals surface area (Å²) >= 11 is 0. The van der Waals surface area contributed by atoms with Crippen molar-refractivity contribution in [2.45, 2.75) is 0 Å². The van der Waals surface area contributed by atoms with E-state index in [-0.39, 0.29) is 5.69 Å². The number of aliphatic imine (C=N–C) groups is 1. The number of hydrogen-bond donors (Lipinski definition) is 1. The summed E-state index contributed by atoms with van der Waals surface area (Å²) < 4.78 is 5.15. The van der Waals surface area contributed by atoms with Crippen molar-refractivity contribution in [3.05, 3.63) is 17.8 Å². The Morgan fingerprint density at radius 1 is 1.54 bits per heavy atom.